The van der Waals surface area contributed by atoms with Gasteiger partial charge < -0.3 is 4.84 Å². The molecule has 0 saturated heterocycles. The van der Waals surface area contributed by atoms with Crippen LogP contribution >= 0.6 is 11.6 Å². The van der Waals surface area contributed by atoms with Gasteiger partial charge >= 0.3 is 5.91 Å². The molecule has 2 aromatic carbocycles. The molecule has 128 valence electrons. The predicted molar refractivity (Wildman–Crippen MR) is 87.4 cm³/mol. The van der Waals surface area contributed by atoms with E-state index in [0.29, 0.717) is 16.2 Å². The Labute approximate surface area is 147 Å². The molecule has 0 spiro atoms. The van der Waals surface area contributed by atoms with Crippen LogP contribution in [0.2, 0.25) is 5.02 Å². The number of hydroxylamine groups is 2. The van der Waals surface area contributed by atoms with Gasteiger partial charge in [0.05, 0.1) is 5.02 Å². The Morgan fingerprint density at radius 2 is 2.08 bits per heavy atom. The smallest absolute Gasteiger partial charge is 0.307 e. The number of halogens is 2. The van der Waals surface area contributed by atoms with E-state index in [2.05, 4.69) is 5.16 Å². The van der Waals surface area contributed by atoms with Crippen molar-refractivity contribution in [2.75, 3.05) is 7.11 Å². The normalized spacial score (nSPS) is 15.7. The Hall–Kier alpha value is -2.77. The SMILES string of the molecule is CO/N=C1/C(=O)N(C(=O)c2ccc(F)c(Cl)c2)OCc2ccccc21. The first-order valence-corrected chi connectivity index (χ1v) is 7.57. The Bertz CT molecular complexity index is 885. The van der Waals surface area contributed by atoms with E-state index in [1.807, 2.05) is 0 Å². The molecule has 2 aromatic rings. The fourth-order valence-corrected chi connectivity index (χ4v) is 2.54. The lowest BCUT2D eigenvalue weighted by Crippen LogP contribution is -2.40. The number of amides is 2. The highest BCUT2D eigenvalue weighted by molar-refractivity contribution is 6.47. The van der Waals surface area contributed by atoms with Crippen molar-refractivity contribution in [1.82, 2.24) is 5.06 Å². The molecule has 2 amide bonds. The second-order valence-corrected chi connectivity index (χ2v) is 5.49. The third-order valence-corrected chi connectivity index (χ3v) is 3.83. The highest BCUT2D eigenvalue weighted by Gasteiger charge is 2.34. The Kier molecular flexibility index (Phi) is 4.78. The Morgan fingerprint density at radius 3 is 2.80 bits per heavy atom. The zero-order valence-electron chi connectivity index (χ0n) is 13.0. The van der Waals surface area contributed by atoms with Crippen molar-refractivity contribution < 1.29 is 23.7 Å². The number of hydrogen-bond acceptors (Lipinski definition) is 5. The van der Waals surface area contributed by atoms with Gasteiger partial charge in [-0.05, 0) is 23.8 Å². The van der Waals surface area contributed by atoms with Crippen molar-refractivity contribution in [1.29, 1.82) is 0 Å². The van der Waals surface area contributed by atoms with E-state index in [1.54, 1.807) is 24.3 Å². The third-order valence-electron chi connectivity index (χ3n) is 3.54. The van der Waals surface area contributed by atoms with E-state index in [0.717, 1.165) is 12.1 Å². The summed E-state index contributed by atoms with van der Waals surface area (Å²) in [6, 6.07) is 10.3. The van der Waals surface area contributed by atoms with Crippen LogP contribution in [0, 0.1) is 5.82 Å². The van der Waals surface area contributed by atoms with Crippen molar-refractivity contribution >= 4 is 29.1 Å². The van der Waals surface area contributed by atoms with Crippen molar-refractivity contribution in [3.05, 3.63) is 70.0 Å². The molecule has 0 atom stereocenters. The molecule has 0 saturated carbocycles. The summed E-state index contributed by atoms with van der Waals surface area (Å²) < 4.78 is 13.3. The molecule has 8 heteroatoms. The maximum absolute atomic E-state index is 13.3. The van der Waals surface area contributed by atoms with Gasteiger partial charge in [0.1, 0.15) is 19.5 Å². The van der Waals surface area contributed by atoms with E-state index in [4.69, 9.17) is 21.3 Å². The van der Waals surface area contributed by atoms with E-state index in [9.17, 15) is 14.0 Å². The van der Waals surface area contributed by atoms with Gasteiger partial charge in [-0.25, -0.2) is 4.39 Å². The molecule has 6 nitrogen and oxygen atoms in total. The lowest BCUT2D eigenvalue weighted by Gasteiger charge is -2.17. The van der Waals surface area contributed by atoms with Gasteiger partial charge in [0, 0.05) is 11.1 Å². The quantitative estimate of drug-likeness (QED) is 0.608. The summed E-state index contributed by atoms with van der Waals surface area (Å²) in [6.45, 7) is -0.0225. The monoisotopic (exact) mass is 362 g/mol. The van der Waals surface area contributed by atoms with Gasteiger partial charge in [0.15, 0.2) is 5.71 Å². The van der Waals surface area contributed by atoms with Crippen LogP contribution in [-0.2, 0) is 21.1 Å². The number of oxime groups is 1. The highest BCUT2D eigenvalue weighted by Crippen LogP contribution is 2.22. The standard InChI is InChI=1S/C17H12ClFN2O4/c1-24-20-15-12-5-3-2-4-11(12)9-25-21(17(15)23)16(22)10-6-7-14(19)13(18)8-10/h2-8H,9H2,1H3/b20-15+. The second kappa shape index (κ2) is 7.00. The summed E-state index contributed by atoms with van der Waals surface area (Å²) in [5.74, 6) is -2.25. The lowest BCUT2D eigenvalue weighted by molar-refractivity contribution is -0.165. The molecular formula is C17H12ClFN2O4. The van der Waals surface area contributed by atoms with Crippen LogP contribution in [-0.4, -0.2) is 29.7 Å². The minimum absolute atomic E-state index is 0.00229. The molecule has 1 aliphatic rings. The molecule has 0 aliphatic carbocycles. The number of nitrogens with zero attached hydrogens (tertiary/aromatic N) is 2. The van der Waals surface area contributed by atoms with Crippen LogP contribution in [0.5, 0.6) is 0 Å². The first-order valence-electron chi connectivity index (χ1n) is 7.19. The number of carbonyl (C=O) groups is 2. The molecule has 0 unspecified atom stereocenters. The fraction of sp³-hybridized carbons (Fsp3) is 0.118. The number of imide groups is 1. The molecule has 25 heavy (non-hydrogen) atoms. The zero-order chi connectivity index (χ0) is 18.0. The Morgan fingerprint density at radius 1 is 1.32 bits per heavy atom. The topological polar surface area (TPSA) is 68.2 Å². The summed E-state index contributed by atoms with van der Waals surface area (Å²) in [5.41, 5.74) is 1.10. The van der Waals surface area contributed by atoms with Crippen LogP contribution in [0.15, 0.2) is 47.6 Å². The summed E-state index contributed by atoms with van der Waals surface area (Å²) >= 11 is 5.70. The van der Waals surface area contributed by atoms with Crippen molar-refractivity contribution in [2.45, 2.75) is 6.61 Å². The van der Waals surface area contributed by atoms with E-state index < -0.39 is 17.6 Å². The molecule has 3 rings (SSSR count). The molecule has 1 aliphatic heterocycles. The highest BCUT2D eigenvalue weighted by atomic mass is 35.5. The van der Waals surface area contributed by atoms with Crippen LogP contribution in [0.4, 0.5) is 4.39 Å². The average molecular weight is 363 g/mol. The van der Waals surface area contributed by atoms with Gasteiger partial charge in [-0.15, -0.1) is 5.06 Å². The first kappa shape index (κ1) is 17.1. The lowest BCUT2D eigenvalue weighted by atomic mass is 10.0. The van der Waals surface area contributed by atoms with Crippen molar-refractivity contribution in [3.8, 4) is 0 Å². The summed E-state index contributed by atoms with van der Waals surface area (Å²) in [6.07, 6.45) is 0. The minimum atomic E-state index is -0.794. The Balaban J connectivity index is 2.01. The predicted octanol–water partition coefficient (Wildman–Crippen LogP) is 2.94. The van der Waals surface area contributed by atoms with Crippen LogP contribution in [0.3, 0.4) is 0 Å². The van der Waals surface area contributed by atoms with Gasteiger partial charge in [-0.1, -0.05) is 41.0 Å². The van der Waals surface area contributed by atoms with Gasteiger partial charge in [0.2, 0.25) is 0 Å². The number of fused-ring (bicyclic) bond motifs is 1. The molecule has 0 bridgehead atoms. The number of rotatable bonds is 2. The number of hydrogen-bond donors (Lipinski definition) is 0. The molecule has 0 aromatic heterocycles. The van der Waals surface area contributed by atoms with E-state index >= 15 is 0 Å². The van der Waals surface area contributed by atoms with Gasteiger partial charge in [-0.2, -0.15) is 0 Å². The molecule has 0 radical (unpaired) electrons. The van der Waals surface area contributed by atoms with Gasteiger partial charge in [0.25, 0.3) is 5.91 Å². The number of benzene rings is 2. The summed E-state index contributed by atoms with van der Waals surface area (Å²) in [7, 11) is 1.29. The number of carbonyl (C=O) groups excluding carboxylic acids is 2. The maximum Gasteiger partial charge on any atom is 0.307 e. The molecule has 1 heterocycles. The summed E-state index contributed by atoms with van der Waals surface area (Å²) in [4.78, 5) is 35.5. The molecule has 0 N–H and O–H groups in total. The van der Waals surface area contributed by atoms with Crippen LogP contribution in [0.25, 0.3) is 0 Å². The van der Waals surface area contributed by atoms with E-state index in [-0.39, 0.29) is 22.9 Å². The third kappa shape index (κ3) is 3.24. The van der Waals surface area contributed by atoms with Crippen molar-refractivity contribution in [2.24, 2.45) is 5.16 Å². The average Bonchev–Trinajstić information content (AvgIpc) is 2.75. The largest absolute Gasteiger partial charge is 0.398 e. The van der Waals surface area contributed by atoms with Crippen LogP contribution < -0.4 is 0 Å². The van der Waals surface area contributed by atoms with Gasteiger partial charge in [-0.3, -0.25) is 14.4 Å². The van der Waals surface area contributed by atoms with Crippen molar-refractivity contribution in [3.63, 3.8) is 0 Å². The maximum atomic E-state index is 13.3. The minimum Gasteiger partial charge on any atom is -0.398 e. The molecule has 0 fully saturated rings. The zero-order valence-corrected chi connectivity index (χ0v) is 13.8. The fourth-order valence-electron chi connectivity index (χ4n) is 2.36. The van der Waals surface area contributed by atoms with E-state index in [1.165, 1.54) is 13.2 Å². The van der Waals surface area contributed by atoms with Crippen LogP contribution in [0.1, 0.15) is 21.5 Å². The molecular weight excluding hydrogens is 351 g/mol. The summed E-state index contributed by atoms with van der Waals surface area (Å²) in [5, 5.41) is 4.07. The second-order valence-electron chi connectivity index (χ2n) is 5.09. The first-order chi connectivity index (χ1) is 12.0.